The van der Waals surface area contributed by atoms with E-state index < -0.39 is 0 Å². The summed E-state index contributed by atoms with van der Waals surface area (Å²) >= 11 is 6.09. The first-order chi connectivity index (χ1) is 7.29. The van der Waals surface area contributed by atoms with Gasteiger partial charge in [-0.05, 0) is 18.6 Å². The van der Waals surface area contributed by atoms with Gasteiger partial charge < -0.3 is 10.6 Å². The van der Waals surface area contributed by atoms with Crippen LogP contribution >= 0.6 is 11.6 Å². The zero-order chi connectivity index (χ0) is 11.1. The number of nitrogens with zero attached hydrogens (tertiary/aromatic N) is 2. The van der Waals surface area contributed by atoms with Gasteiger partial charge in [0, 0.05) is 25.8 Å². The molecule has 1 rings (SSSR count). The monoisotopic (exact) mass is 227 g/mol. The van der Waals surface area contributed by atoms with Gasteiger partial charge in [-0.1, -0.05) is 24.9 Å². The molecule has 1 heterocycles. The molecule has 3 nitrogen and oxygen atoms in total. The second-order valence-electron chi connectivity index (χ2n) is 3.44. The third-order valence-electron chi connectivity index (χ3n) is 2.22. The fraction of sp³-hybridized carbons (Fsp3) is 0.545. The van der Waals surface area contributed by atoms with E-state index >= 15 is 0 Å². The lowest BCUT2D eigenvalue weighted by atomic mass is 10.3. The van der Waals surface area contributed by atoms with Crippen LogP contribution in [0.3, 0.4) is 0 Å². The van der Waals surface area contributed by atoms with Gasteiger partial charge in [-0.3, -0.25) is 0 Å². The van der Waals surface area contributed by atoms with Gasteiger partial charge in [-0.25, -0.2) is 4.98 Å². The molecular weight excluding hydrogens is 210 g/mol. The minimum atomic E-state index is 0.622. The first kappa shape index (κ1) is 12.3. The van der Waals surface area contributed by atoms with Gasteiger partial charge in [-0.15, -0.1) is 0 Å². The Hall–Kier alpha value is -0.800. The van der Waals surface area contributed by atoms with Gasteiger partial charge in [0.05, 0.1) is 5.02 Å². The Morgan fingerprint density at radius 1 is 1.47 bits per heavy atom. The molecule has 84 valence electrons. The Morgan fingerprint density at radius 3 is 2.87 bits per heavy atom. The lowest BCUT2D eigenvalue weighted by Gasteiger charge is -2.23. The number of anilines is 1. The van der Waals surface area contributed by atoms with Gasteiger partial charge in [0.15, 0.2) is 0 Å². The minimum absolute atomic E-state index is 0.622. The molecular formula is C11H18ClN3. The van der Waals surface area contributed by atoms with Crippen LogP contribution in [0, 0.1) is 0 Å². The summed E-state index contributed by atoms with van der Waals surface area (Å²) in [4.78, 5) is 6.43. The summed E-state index contributed by atoms with van der Waals surface area (Å²) < 4.78 is 0. The molecule has 0 radical (unpaired) electrons. The summed E-state index contributed by atoms with van der Waals surface area (Å²) in [5.74, 6) is 0.845. The van der Waals surface area contributed by atoms with E-state index in [-0.39, 0.29) is 0 Å². The molecule has 2 N–H and O–H groups in total. The average Bonchev–Trinajstić information content (AvgIpc) is 2.25. The van der Waals surface area contributed by atoms with E-state index in [2.05, 4.69) is 16.8 Å². The van der Waals surface area contributed by atoms with E-state index in [4.69, 9.17) is 17.3 Å². The highest BCUT2D eigenvalue weighted by atomic mass is 35.5. The third-order valence-corrected chi connectivity index (χ3v) is 2.51. The number of aromatic nitrogens is 1. The molecule has 1 aromatic heterocycles. The van der Waals surface area contributed by atoms with Crippen molar-refractivity contribution in [1.82, 2.24) is 4.98 Å². The summed E-state index contributed by atoms with van der Waals surface area (Å²) in [7, 11) is 0. The normalized spacial score (nSPS) is 10.3. The molecule has 0 aromatic carbocycles. The van der Waals surface area contributed by atoms with Crippen molar-refractivity contribution in [3.8, 4) is 0 Å². The molecule has 0 amide bonds. The molecule has 4 heteroatoms. The smallest absolute Gasteiger partial charge is 0.147 e. The van der Waals surface area contributed by atoms with Crippen LogP contribution in [0.25, 0.3) is 0 Å². The molecule has 0 atom stereocenters. The van der Waals surface area contributed by atoms with Gasteiger partial charge >= 0.3 is 0 Å². The number of unbranched alkanes of at least 4 members (excludes halogenated alkanes) is 1. The van der Waals surface area contributed by atoms with Gasteiger partial charge in [-0.2, -0.15) is 0 Å². The molecule has 0 saturated carbocycles. The predicted molar refractivity (Wildman–Crippen MR) is 65.4 cm³/mol. The van der Waals surface area contributed by atoms with Crippen LogP contribution in [0.1, 0.15) is 19.8 Å². The number of halogens is 1. The molecule has 0 aliphatic carbocycles. The molecule has 0 unspecified atom stereocenters. The molecule has 0 aliphatic rings. The molecule has 0 fully saturated rings. The van der Waals surface area contributed by atoms with E-state index in [1.807, 2.05) is 12.1 Å². The number of hydrogen-bond acceptors (Lipinski definition) is 3. The first-order valence-electron chi connectivity index (χ1n) is 5.35. The SMILES string of the molecule is CCCCN(CCN)c1ncccc1Cl. The quantitative estimate of drug-likeness (QED) is 0.811. The van der Waals surface area contributed by atoms with E-state index in [0.717, 1.165) is 31.7 Å². The summed E-state index contributed by atoms with van der Waals surface area (Å²) in [6, 6.07) is 3.70. The summed E-state index contributed by atoms with van der Waals surface area (Å²) in [6.07, 6.45) is 4.05. The Labute approximate surface area is 96.2 Å². The molecule has 1 aromatic rings. The molecule has 15 heavy (non-hydrogen) atoms. The highest BCUT2D eigenvalue weighted by molar-refractivity contribution is 6.32. The second kappa shape index (κ2) is 6.64. The van der Waals surface area contributed by atoms with Crippen molar-refractivity contribution >= 4 is 17.4 Å². The van der Waals surface area contributed by atoms with Gasteiger partial charge in [0.25, 0.3) is 0 Å². The predicted octanol–water partition coefficient (Wildman–Crippen LogP) is 2.30. The Morgan fingerprint density at radius 2 is 2.27 bits per heavy atom. The maximum absolute atomic E-state index is 6.09. The first-order valence-corrected chi connectivity index (χ1v) is 5.73. The van der Waals surface area contributed by atoms with E-state index in [9.17, 15) is 0 Å². The fourth-order valence-corrected chi connectivity index (χ4v) is 1.68. The van der Waals surface area contributed by atoms with Crippen LogP contribution in [0.4, 0.5) is 5.82 Å². The van der Waals surface area contributed by atoms with Crippen LogP contribution in [-0.4, -0.2) is 24.6 Å². The summed E-state index contributed by atoms with van der Waals surface area (Å²) in [5.41, 5.74) is 5.58. The molecule has 0 bridgehead atoms. The van der Waals surface area contributed by atoms with Crippen LogP contribution in [0.15, 0.2) is 18.3 Å². The Balaban J connectivity index is 2.74. The summed E-state index contributed by atoms with van der Waals surface area (Å²) in [5, 5.41) is 0.696. The standard InChI is InChI=1S/C11H18ClN3/c1-2-3-8-15(9-6-13)11-10(12)5-4-7-14-11/h4-5,7H,2-3,6,8-9,13H2,1H3. The van der Waals surface area contributed by atoms with E-state index in [1.54, 1.807) is 6.20 Å². The molecule has 0 aliphatic heterocycles. The zero-order valence-electron chi connectivity index (χ0n) is 9.12. The maximum Gasteiger partial charge on any atom is 0.147 e. The number of pyridine rings is 1. The minimum Gasteiger partial charge on any atom is -0.354 e. The maximum atomic E-state index is 6.09. The van der Waals surface area contributed by atoms with Crippen molar-refractivity contribution in [2.24, 2.45) is 5.73 Å². The van der Waals surface area contributed by atoms with E-state index in [1.165, 1.54) is 0 Å². The van der Waals surface area contributed by atoms with Crippen LogP contribution in [0.2, 0.25) is 5.02 Å². The Kier molecular flexibility index (Phi) is 5.43. The van der Waals surface area contributed by atoms with Gasteiger partial charge in [0.1, 0.15) is 5.82 Å². The largest absolute Gasteiger partial charge is 0.354 e. The fourth-order valence-electron chi connectivity index (χ4n) is 1.44. The topological polar surface area (TPSA) is 42.1 Å². The molecule has 0 saturated heterocycles. The highest BCUT2D eigenvalue weighted by Crippen LogP contribution is 2.22. The van der Waals surface area contributed by atoms with Crippen LogP contribution < -0.4 is 10.6 Å². The van der Waals surface area contributed by atoms with Crippen molar-refractivity contribution in [3.05, 3.63) is 23.4 Å². The average molecular weight is 228 g/mol. The Bertz CT molecular complexity index is 291. The lowest BCUT2D eigenvalue weighted by Crippen LogP contribution is -2.31. The van der Waals surface area contributed by atoms with E-state index in [0.29, 0.717) is 11.6 Å². The number of hydrogen-bond donors (Lipinski definition) is 1. The zero-order valence-corrected chi connectivity index (χ0v) is 9.87. The van der Waals surface area contributed by atoms with Gasteiger partial charge in [0.2, 0.25) is 0 Å². The van der Waals surface area contributed by atoms with Crippen molar-refractivity contribution in [2.75, 3.05) is 24.5 Å². The van der Waals surface area contributed by atoms with Crippen LogP contribution in [0.5, 0.6) is 0 Å². The van der Waals surface area contributed by atoms with Crippen molar-refractivity contribution in [1.29, 1.82) is 0 Å². The molecule has 0 spiro atoms. The van der Waals surface area contributed by atoms with Crippen molar-refractivity contribution in [2.45, 2.75) is 19.8 Å². The van der Waals surface area contributed by atoms with Crippen molar-refractivity contribution in [3.63, 3.8) is 0 Å². The number of nitrogens with two attached hydrogens (primary N) is 1. The second-order valence-corrected chi connectivity index (χ2v) is 3.85. The van der Waals surface area contributed by atoms with Crippen molar-refractivity contribution < 1.29 is 0 Å². The summed E-state index contributed by atoms with van der Waals surface area (Å²) in [6.45, 7) is 4.55. The number of rotatable bonds is 6. The highest BCUT2D eigenvalue weighted by Gasteiger charge is 2.09. The third kappa shape index (κ3) is 3.68. The van der Waals surface area contributed by atoms with Crippen LogP contribution in [-0.2, 0) is 0 Å². The lowest BCUT2D eigenvalue weighted by molar-refractivity contribution is 0.708.